The Morgan fingerprint density at radius 1 is 1.06 bits per heavy atom. The molecule has 1 atom stereocenters. The van der Waals surface area contributed by atoms with Gasteiger partial charge in [0.1, 0.15) is 16.3 Å². The van der Waals surface area contributed by atoms with Gasteiger partial charge in [0.2, 0.25) is 0 Å². The van der Waals surface area contributed by atoms with E-state index in [2.05, 4.69) is 37.9 Å². The Morgan fingerprint density at radius 3 is 2.44 bits per heavy atom. The number of benzene rings is 2. The van der Waals surface area contributed by atoms with Crippen molar-refractivity contribution in [3.63, 3.8) is 0 Å². The van der Waals surface area contributed by atoms with E-state index in [4.69, 9.17) is 10.00 Å². The largest absolute Gasteiger partial charge is 0.457 e. The van der Waals surface area contributed by atoms with Crippen LogP contribution in [-0.2, 0) is 0 Å². The number of ether oxygens (including phenoxy) is 1. The highest BCUT2D eigenvalue weighted by Gasteiger charge is 2.06. The molecule has 0 fully saturated rings. The zero-order valence-electron chi connectivity index (χ0n) is 9.31. The van der Waals surface area contributed by atoms with Crippen molar-refractivity contribution in [1.82, 2.24) is 0 Å². The van der Waals surface area contributed by atoms with E-state index < -0.39 is 0 Å². The van der Waals surface area contributed by atoms with Gasteiger partial charge in [-0.25, -0.2) is 0 Å². The van der Waals surface area contributed by atoms with Crippen molar-refractivity contribution in [3.8, 4) is 17.6 Å². The van der Waals surface area contributed by atoms with Gasteiger partial charge < -0.3 is 4.74 Å². The van der Waals surface area contributed by atoms with Gasteiger partial charge in [0.15, 0.2) is 0 Å². The molecule has 2 aromatic carbocycles. The van der Waals surface area contributed by atoms with Crippen LogP contribution >= 0.6 is 31.9 Å². The molecule has 90 valence electrons. The highest BCUT2D eigenvalue weighted by molar-refractivity contribution is 9.10. The van der Waals surface area contributed by atoms with Gasteiger partial charge in [-0.2, -0.15) is 5.26 Å². The SMILES string of the molecule is N#CC(Br)c1cccc(Oc2ccc(Br)cc2)c1. The second kappa shape index (κ2) is 6.03. The summed E-state index contributed by atoms with van der Waals surface area (Å²) in [6.45, 7) is 0. The van der Waals surface area contributed by atoms with Crippen molar-refractivity contribution >= 4 is 31.9 Å². The third kappa shape index (κ3) is 3.34. The number of halogens is 2. The summed E-state index contributed by atoms with van der Waals surface area (Å²) in [6.07, 6.45) is 0. The number of nitriles is 1. The summed E-state index contributed by atoms with van der Waals surface area (Å²) in [5.41, 5.74) is 0.882. The highest BCUT2D eigenvalue weighted by atomic mass is 79.9. The molecule has 2 nitrogen and oxygen atoms in total. The first-order chi connectivity index (χ1) is 8.69. The zero-order chi connectivity index (χ0) is 13.0. The Bertz CT molecular complexity index is 575. The maximum absolute atomic E-state index is 8.86. The molecule has 18 heavy (non-hydrogen) atoms. The Balaban J connectivity index is 2.19. The lowest BCUT2D eigenvalue weighted by Crippen LogP contribution is -1.88. The Kier molecular flexibility index (Phi) is 4.40. The van der Waals surface area contributed by atoms with Crippen LogP contribution in [0.3, 0.4) is 0 Å². The van der Waals surface area contributed by atoms with E-state index in [0.29, 0.717) is 0 Å². The highest BCUT2D eigenvalue weighted by Crippen LogP contribution is 2.28. The van der Waals surface area contributed by atoms with Crippen molar-refractivity contribution in [3.05, 3.63) is 58.6 Å². The van der Waals surface area contributed by atoms with Crippen LogP contribution in [0.5, 0.6) is 11.5 Å². The molecule has 0 aliphatic carbocycles. The molecule has 0 N–H and O–H groups in total. The summed E-state index contributed by atoms with van der Waals surface area (Å²) in [4.78, 5) is -0.314. The number of nitrogens with zero attached hydrogens (tertiary/aromatic N) is 1. The molecular weight excluding hydrogens is 358 g/mol. The lowest BCUT2D eigenvalue weighted by molar-refractivity contribution is 0.482. The van der Waals surface area contributed by atoms with Crippen molar-refractivity contribution < 1.29 is 4.74 Å². The van der Waals surface area contributed by atoms with Crippen LogP contribution in [0, 0.1) is 11.3 Å². The van der Waals surface area contributed by atoms with E-state index in [1.54, 1.807) is 0 Å². The minimum absolute atomic E-state index is 0.314. The fraction of sp³-hybridized carbons (Fsp3) is 0.0714. The van der Waals surface area contributed by atoms with E-state index in [-0.39, 0.29) is 4.83 Å². The third-order valence-electron chi connectivity index (χ3n) is 2.31. The lowest BCUT2D eigenvalue weighted by Gasteiger charge is -2.08. The summed E-state index contributed by atoms with van der Waals surface area (Å²) in [5, 5.41) is 8.86. The molecule has 0 radical (unpaired) electrons. The fourth-order valence-corrected chi connectivity index (χ4v) is 2.00. The van der Waals surface area contributed by atoms with Crippen LogP contribution in [0.2, 0.25) is 0 Å². The van der Waals surface area contributed by atoms with Gasteiger partial charge in [-0.1, -0.05) is 44.0 Å². The second-order valence-electron chi connectivity index (χ2n) is 3.62. The summed E-state index contributed by atoms with van der Waals surface area (Å²) < 4.78 is 6.73. The number of hydrogen-bond acceptors (Lipinski definition) is 2. The molecule has 0 amide bonds. The van der Waals surface area contributed by atoms with Gasteiger partial charge in [0.25, 0.3) is 0 Å². The average molecular weight is 367 g/mol. The monoisotopic (exact) mass is 365 g/mol. The number of alkyl halides is 1. The molecule has 0 spiro atoms. The van der Waals surface area contributed by atoms with E-state index in [9.17, 15) is 0 Å². The second-order valence-corrected chi connectivity index (χ2v) is 5.45. The summed E-state index contributed by atoms with van der Waals surface area (Å²) >= 11 is 6.66. The van der Waals surface area contributed by atoms with Crippen LogP contribution in [-0.4, -0.2) is 0 Å². The predicted molar refractivity (Wildman–Crippen MR) is 77.9 cm³/mol. The summed E-state index contributed by atoms with van der Waals surface area (Å²) in [5.74, 6) is 1.48. The van der Waals surface area contributed by atoms with Crippen LogP contribution in [0.4, 0.5) is 0 Å². The quantitative estimate of drug-likeness (QED) is 0.699. The van der Waals surface area contributed by atoms with Crippen LogP contribution in [0.25, 0.3) is 0 Å². The predicted octanol–water partition coefficient (Wildman–Crippen LogP) is 5.20. The molecule has 0 saturated heterocycles. The molecule has 0 aromatic heterocycles. The lowest BCUT2D eigenvalue weighted by atomic mass is 10.1. The topological polar surface area (TPSA) is 33.0 Å². The summed E-state index contributed by atoms with van der Waals surface area (Å²) in [6, 6.07) is 17.2. The molecular formula is C14H9Br2NO. The minimum atomic E-state index is -0.314. The van der Waals surface area contributed by atoms with Crippen LogP contribution < -0.4 is 4.74 Å². The average Bonchev–Trinajstić information content (AvgIpc) is 2.41. The molecule has 0 bridgehead atoms. The normalized spacial score (nSPS) is 11.6. The number of rotatable bonds is 3. The molecule has 0 heterocycles. The van der Waals surface area contributed by atoms with Crippen LogP contribution in [0.1, 0.15) is 10.4 Å². The van der Waals surface area contributed by atoms with Gasteiger partial charge in [0, 0.05) is 4.47 Å². The molecule has 4 heteroatoms. The van der Waals surface area contributed by atoms with Crippen molar-refractivity contribution in [2.75, 3.05) is 0 Å². The fourth-order valence-electron chi connectivity index (χ4n) is 1.45. The molecule has 2 aromatic rings. The van der Waals surface area contributed by atoms with E-state index in [0.717, 1.165) is 21.5 Å². The zero-order valence-corrected chi connectivity index (χ0v) is 12.5. The summed E-state index contributed by atoms with van der Waals surface area (Å²) in [7, 11) is 0. The van der Waals surface area contributed by atoms with Gasteiger partial charge in [-0.05, 0) is 42.0 Å². The van der Waals surface area contributed by atoms with Gasteiger partial charge in [-0.15, -0.1) is 0 Å². The maximum atomic E-state index is 8.86. The maximum Gasteiger partial charge on any atom is 0.127 e. The van der Waals surface area contributed by atoms with E-state index in [1.807, 2.05) is 48.5 Å². The smallest absolute Gasteiger partial charge is 0.127 e. The van der Waals surface area contributed by atoms with E-state index >= 15 is 0 Å². The molecule has 2 rings (SSSR count). The van der Waals surface area contributed by atoms with Gasteiger partial charge >= 0.3 is 0 Å². The third-order valence-corrected chi connectivity index (χ3v) is 3.58. The molecule has 0 saturated carbocycles. The number of hydrogen-bond donors (Lipinski definition) is 0. The Morgan fingerprint density at radius 2 is 1.78 bits per heavy atom. The van der Waals surface area contributed by atoms with Gasteiger partial charge in [0.05, 0.1) is 6.07 Å². The first-order valence-electron chi connectivity index (χ1n) is 5.26. The van der Waals surface area contributed by atoms with Crippen molar-refractivity contribution in [2.24, 2.45) is 0 Å². The molecule has 0 aliphatic rings. The van der Waals surface area contributed by atoms with E-state index in [1.165, 1.54) is 0 Å². The molecule has 1 unspecified atom stereocenters. The van der Waals surface area contributed by atoms with Crippen LogP contribution in [0.15, 0.2) is 53.0 Å². The standard InChI is InChI=1S/C14H9Br2NO/c15-11-4-6-12(7-5-11)18-13-3-1-2-10(8-13)14(16)9-17/h1-8,14H. The van der Waals surface area contributed by atoms with Crippen molar-refractivity contribution in [1.29, 1.82) is 5.26 Å². The van der Waals surface area contributed by atoms with Crippen molar-refractivity contribution in [2.45, 2.75) is 4.83 Å². The first kappa shape index (κ1) is 13.1. The Labute approximate surface area is 122 Å². The molecule has 0 aliphatic heterocycles. The minimum Gasteiger partial charge on any atom is -0.457 e. The van der Waals surface area contributed by atoms with Gasteiger partial charge in [-0.3, -0.25) is 0 Å². The first-order valence-corrected chi connectivity index (χ1v) is 6.97. The Hall–Kier alpha value is -1.31.